The summed E-state index contributed by atoms with van der Waals surface area (Å²) in [4.78, 5) is 73.1. The lowest BCUT2D eigenvalue weighted by atomic mass is 10.0. The Morgan fingerprint density at radius 2 is 0.408 bits per heavy atom. The van der Waals surface area contributed by atoms with Crippen LogP contribution < -0.4 is 0 Å². The predicted octanol–water partition coefficient (Wildman–Crippen LogP) is 25.2. The third-order valence-electron chi connectivity index (χ3n) is 19.6. The zero-order chi connectivity index (χ0) is 76.0. The molecule has 0 amide bonds. The van der Waals surface area contributed by atoms with Gasteiger partial charge in [0.1, 0.15) is 19.3 Å². The van der Waals surface area contributed by atoms with E-state index >= 15 is 0 Å². The highest BCUT2D eigenvalue weighted by Gasteiger charge is 2.30. The van der Waals surface area contributed by atoms with Gasteiger partial charge in [0, 0.05) is 25.7 Å². The van der Waals surface area contributed by atoms with Crippen LogP contribution in [0.2, 0.25) is 0 Å². The van der Waals surface area contributed by atoms with E-state index < -0.39 is 97.5 Å². The van der Waals surface area contributed by atoms with Gasteiger partial charge in [-0.25, -0.2) is 9.13 Å². The molecule has 103 heavy (non-hydrogen) atoms. The lowest BCUT2D eigenvalue weighted by Crippen LogP contribution is -2.30. The van der Waals surface area contributed by atoms with Gasteiger partial charge in [-0.15, -0.1) is 0 Å². The van der Waals surface area contributed by atoms with Crippen LogP contribution in [0, 0.1) is 23.7 Å². The van der Waals surface area contributed by atoms with E-state index in [2.05, 4.69) is 55.4 Å². The first-order chi connectivity index (χ1) is 49.6. The number of aliphatic hydroxyl groups is 1. The molecule has 0 aromatic heterocycles. The number of unbranched alkanes of at least 4 members (excludes halogenated alkanes) is 47. The highest BCUT2D eigenvalue weighted by atomic mass is 31.2. The first-order valence-electron chi connectivity index (χ1n) is 43.2. The van der Waals surface area contributed by atoms with E-state index in [1.807, 2.05) is 0 Å². The second-order valence-electron chi connectivity index (χ2n) is 32.1. The maximum atomic E-state index is 13.1. The molecule has 0 fully saturated rings. The number of hydrogen-bond acceptors (Lipinski definition) is 15. The first-order valence-corrected chi connectivity index (χ1v) is 46.2. The second-order valence-corrected chi connectivity index (χ2v) is 35.0. The fourth-order valence-corrected chi connectivity index (χ4v) is 14.5. The summed E-state index contributed by atoms with van der Waals surface area (Å²) in [6.45, 7) is 14.3. The van der Waals surface area contributed by atoms with E-state index in [1.54, 1.807) is 0 Å². The Morgan fingerprint density at radius 1 is 0.243 bits per heavy atom. The quantitative estimate of drug-likeness (QED) is 0.0222. The van der Waals surface area contributed by atoms with Gasteiger partial charge in [-0.2, -0.15) is 0 Å². The highest BCUT2D eigenvalue weighted by Crippen LogP contribution is 2.45. The van der Waals surface area contributed by atoms with Crippen LogP contribution in [-0.4, -0.2) is 96.7 Å². The predicted molar refractivity (Wildman–Crippen MR) is 423 cm³/mol. The van der Waals surface area contributed by atoms with Crippen LogP contribution >= 0.6 is 15.6 Å². The molecule has 0 saturated carbocycles. The summed E-state index contributed by atoms with van der Waals surface area (Å²) in [6.07, 6.45) is 61.1. The van der Waals surface area contributed by atoms with E-state index in [9.17, 15) is 43.2 Å². The van der Waals surface area contributed by atoms with Crippen LogP contribution in [0.1, 0.15) is 434 Å². The molecule has 3 unspecified atom stereocenters. The Labute approximate surface area is 632 Å². The van der Waals surface area contributed by atoms with Crippen molar-refractivity contribution < 1.29 is 80.2 Å². The van der Waals surface area contributed by atoms with Crippen molar-refractivity contribution >= 4 is 39.5 Å². The molecular formula is C84H164O17P2. The van der Waals surface area contributed by atoms with Crippen LogP contribution in [0.4, 0.5) is 0 Å². The number of aliphatic hydroxyl groups excluding tert-OH is 1. The first kappa shape index (κ1) is 101. The minimum Gasteiger partial charge on any atom is -0.462 e. The molecule has 0 radical (unpaired) electrons. The largest absolute Gasteiger partial charge is 0.472 e. The van der Waals surface area contributed by atoms with E-state index in [0.717, 1.165) is 114 Å². The monoisotopic (exact) mass is 1510 g/mol. The number of ether oxygens (including phenoxy) is 4. The Kier molecular flexibility index (Phi) is 71.5. The summed E-state index contributed by atoms with van der Waals surface area (Å²) in [6, 6.07) is 0. The number of esters is 4. The van der Waals surface area contributed by atoms with E-state index in [4.69, 9.17) is 37.0 Å². The topological polar surface area (TPSA) is 237 Å². The smallest absolute Gasteiger partial charge is 0.462 e. The SMILES string of the molecule is CC(C)CCCCCCCCCCCCCCCCCCC(=O)O[C@H](COC(=O)CCCCCCCCCCCCCCC(C)C)COP(=O)(O)OCC(O)COP(=O)(O)OC[C@@H](COC(=O)CCCCCCCCCC(C)C)OC(=O)CCCCCCCCCCCCCCCCCCC(C)C. The molecule has 612 valence electrons. The van der Waals surface area contributed by atoms with Crippen LogP contribution in [0.15, 0.2) is 0 Å². The molecule has 3 N–H and O–H groups in total. The molecule has 0 rings (SSSR count). The molecule has 0 heterocycles. The van der Waals surface area contributed by atoms with Gasteiger partial charge < -0.3 is 33.8 Å². The standard InChI is InChI=1S/C84H164O17P2/c1-74(2)60-52-44-36-29-23-17-13-9-11-15-19-27-33-41-50-58-66-83(88)100-79(70-94-81(86)64-56-48-40-32-26-22-21-25-31-38-46-54-62-76(5)6)72-98-102(90,91)96-68-78(85)69-97-103(92,93)99-73-80(71-95-82(87)65-57-49-43-35-39-47-55-63-77(7)8)101-84(89)67-59-51-42-34-28-20-16-12-10-14-18-24-30-37-45-53-61-75(3)4/h74-80,85H,9-73H2,1-8H3,(H,90,91)(H,92,93)/t78?,79-,80-/m1/s1. The maximum absolute atomic E-state index is 13.1. The zero-order valence-electron chi connectivity index (χ0n) is 68.0. The third-order valence-corrected chi connectivity index (χ3v) is 21.5. The van der Waals surface area contributed by atoms with Gasteiger partial charge in [-0.3, -0.25) is 37.3 Å². The second kappa shape index (κ2) is 72.9. The van der Waals surface area contributed by atoms with Crippen LogP contribution in [-0.2, 0) is 65.4 Å². The van der Waals surface area contributed by atoms with Gasteiger partial charge in [0.05, 0.1) is 26.4 Å². The number of rotatable bonds is 81. The van der Waals surface area contributed by atoms with Gasteiger partial charge >= 0.3 is 39.5 Å². The Hall–Kier alpha value is -1.94. The number of carbonyl (C=O) groups is 4. The molecule has 0 aromatic carbocycles. The minimum absolute atomic E-state index is 0.107. The average molecular weight is 1510 g/mol. The van der Waals surface area contributed by atoms with Crippen molar-refractivity contribution in [2.75, 3.05) is 39.6 Å². The van der Waals surface area contributed by atoms with Crippen LogP contribution in [0.25, 0.3) is 0 Å². The minimum atomic E-state index is -4.96. The molecule has 0 saturated heterocycles. The van der Waals surface area contributed by atoms with Crippen molar-refractivity contribution in [3.63, 3.8) is 0 Å². The summed E-state index contributed by atoms with van der Waals surface area (Å²) in [5, 5.41) is 10.7. The molecule has 5 atom stereocenters. The molecular weight excluding hydrogens is 1340 g/mol. The number of hydrogen-bond donors (Lipinski definition) is 3. The number of phosphoric ester groups is 2. The molecule has 0 aliphatic rings. The Bertz CT molecular complexity index is 2010. The van der Waals surface area contributed by atoms with Crippen LogP contribution in [0.5, 0.6) is 0 Å². The van der Waals surface area contributed by atoms with E-state index in [-0.39, 0.29) is 25.7 Å². The van der Waals surface area contributed by atoms with Gasteiger partial charge in [-0.05, 0) is 49.4 Å². The van der Waals surface area contributed by atoms with E-state index in [0.29, 0.717) is 31.6 Å². The molecule has 0 spiro atoms. The number of phosphoric acid groups is 2. The normalized spacial score (nSPS) is 14.0. The van der Waals surface area contributed by atoms with Crippen molar-refractivity contribution in [3.05, 3.63) is 0 Å². The maximum Gasteiger partial charge on any atom is 0.472 e. The van der Waals surface area contributed by atoms with Crippen molar-refractivity contribution in [3.8, 4) is 0 Å². The Balaban J connectivity index is 5.23. The van der Waals surface area contributed by atoms with Crippen molar-refractivity contribution in [1.82, 2.24) is 0 Å². The molecule has 0 bridgehead atoms. The zero-order valence-corrected chi connectivity index (χ0v) is 69.7. The fraction of sp³-hybridized carbons (Fsp3) is 0.952. The summed E-state index contributed by atoms with van der Waals surface area (Å²) in [5.41, 5.74) is 0. The van der Waals surface area contributed by atoms with Gasteiger partial charge in [-0.1, -0.05) is 383 Å². The molecule has 17 nitrogen and oxygen atoms in total. The number of carbonyl (C=O) groups excluding carboxylic acids is 4. The van der Waals surface area contributed by atoms with Crippen molar-refractivity contribution in [2.45, 2.75) is 453 Å². The van der Waals surface area contributed by atoms with Crippen molar-refractivity contribution in [1.29, 1.82) is 0 Å². The van der Waals surface area contributed by atoms with Gasteiger partial charge in [0.2, 0.25) is 0 Å². The van der Waals surface area contributed by atoms with E-state index in [1.165, 1.54) is 231 Å². The van der Waals surface area contributed by atoms with Gasteiger partial charge in [0.25, 0.3) is 0 Å². The molecule has 0 aliphatic carbocycles. The van der Waals surface area contributed by atoms with Crippen LogP contribution in [0.3, 0.4) is 0 Å². The molecule has 19 heteroatoms. The lowest BCUT2D eigenvalue weighted by Gasteiger charge is -2.21. The summed E-state index contributed by atoms with van der Waals surface area (Å²) in [5.74, 6) is 0.995. The third kappa shape index (κ3) is 78.0. The molecule has 0 aromatic rings. The lowest BCUT2D eigenvalue weighted by molar-refractivity contribution is -0.161. The van der Waals surface area contributed by atoms with Gasteiger partial charge in [0.15, 0.2) is 12.2 Å². The fourth-order valence-electron chi connectivity index (χ4n) is 13.0. The van der Waals surface area contributed by atoms with Crippen molar-refractivity contribution in [2.24, 2.45) is 23.7 Å². The summed E-state index contributed by atoms with van der Waals surface area (Å²) in [7, 11) is -9.93. The highest BCUT2D eigenvalue weighted by molar-refractivity contribution is 7.47. The summed E-state index contributed by atoms with van der Waals surface area (Å²) >= 11 is 0. The summed E-state index contributed by atoms with van der Waals surface area (Å²) < 4.78 is 68.8. The average Bonchev–Trinajstić information content (AvgIpc) is 0.913. The molecule has 0 aliphatic heterocycles. The Morgan fingerprint density at radius 3 is 0.602 bits per heavy atom.